The van der Waals surface area contributed by atoms with Crippen LogP contribution in [-0.2, 0) is 11.2 Å². The average Bonchev–Trinajstić information content (AvgIpc) is 3.59. The number of piperazine rings is 1. The maximum absolute atomic E-state index is 14.3. The van der Waals surface area contributed by atoms with Crippen molar-refractivity contribution in [3.8, 4) is 17.1 Å². The van der Waals surface area contributed by atoms with E-state index >= 15 is 0 Å². The summed E-state index contributed by atoms with van der Waals surface area (Å²) in [5.74, 6) is 0.0209. The minimum atomic E-state index is -1.25. The van der Waals surface area contributed by atoms with E-state index < -0.39 is 11.2 Å². The van der Waals surface area contributed by atoms with Crippen molar-refractivity contribution in [1.82, 2.24) is 24.8 Å². The van der Waals surface area contributed by atoms with E-state index in [1.54, 1.807) is 47.6 Å². The Kier molecular flexibility index (Phi) is 5.36. The van der Waals surface area contributed by atoms with E-state index in [9.17, 15) is 13.7 Å². The fraction of sp³-hybridized carbons (Fsp3) is 0.269. The molecule has 2 aliphatic rings. The average molecular weight is 490 g/mol. The van der Waals surface area contributed by atoms with Gasteiger partial charge in [0.05, 0.1) is 17.1 Å². The zero-order chi connectivity index (χ0) is 24.3. The molecular weight excluding hydrogens is 465 g/mol. The number of amides is 1. The Morgan fingerprint density at radius 1 is 1.20 bits per heavy atom. The van der Waals surface area contributed by atoms with E-state index in [-0.39, 0.29) is 17.8 Å². The molecule has 4 aromatic rings. The summed E-state index contributed by atoms with van der Waals surface area (Å²) in [4.78, 5) is 24.8. The van der Waals surface area contributed by atoms with Crippen LogP contribution in [0.5, 0.6) is 0 Å². The molecule has 4 heterocycles. The molecule has 3 atom stereocenters. The molecule has 2 saturated heterocycles. The molecule has 3 unspecified atom stereocenters. The van der Waals surface area contributed by atoms with Gasteiger partial charge in [0.1, 0.15) is 12.1 Å². The van der Waals surface area contributed by atoms with Gasteiger partial charge in [0.15, 0.2) is 4.90 Å². The molecule has 2 fully saturated rings. The molecule has 0 radical (unpaired) electrons. The number of rotatable bonds is 4. The summed E-state index contributed by atoms with van der Waals surface area (Å²) in [6.45, 7) is 3.45. The highest BCUT2D eigenvalue weighted by Crippen LogP contribution is 2.31. The lowest BCUT2D eigenvalue weighted by molar-refractivity contribution is 0.0716. The van der Waals surface area contributed by atoms with E-state index in [0.29, 0.717) is 45.6 Å². The van der Waals surface area contributed by atoms with Gasteiger partial charge >= 0.3 is 0 Å². The summed E-state index contributed by atoms with van der Waals surface area (Å²) < 4.78 is 28.6. The minimum absolute atomic E-state index is 0.000917. The van der Waals surface area contributed by atoms with E-state index in [1.165, 1.54) is 6.07 Å². The fourth-order valence-electron chi connectivity index (χ4n) is 5.14. The summed E-state index contributed by atoms with van der Waals surface area (Å²) in [7, 11) is 0. The van der Waals surface area contributed by atoms with Gasteiger partial charge in [-0.3, -0.25) is 9.36 Å². The van der Waals surface area contributed by atoms with Gasteiger partial charge in [-0.25, -0.2) is 14.4 Å². The summed E-state index contributed by atoms with van der Waals surface area (Å²) in [5, 5.41) is 4.20. The van der Waals surface area contributed by atoms with Gasteiger partial charge in [0, 0.05) is 54.3 Å². The number of halogens is 1. The summed E-state index contributed by atoms with van der Waals surface area (Å²) in [6.07, 6.45) is 7.52. The molecule has 2 aromatic carbocycles. The molecule has 1 N–H and O–H groups in total. The fourth-order valence-corrected chi connectivity index (χ4v) is 5.88. The predicted molar refractivity (Wildman–Crippen MR) is 133 cm³/mol. The van der Waals surface area contributed by atoms with Crippen LogP contribution in [0.4, 0.5) is 4.39 Å². The number of fused-ring (bicyclic) bond motifs is 3. The van der Waals surface area contributed by atoms with Gasteiger partial charge in [0.2, 0.25) is 5.95 Å². The van der Waals surface area contributed by atoms with Gasteiger partial charge in [-0.1, -0.05) is 11.6 Å². The molecular formula is C26H24FN5O2S. The van der Waals surface area contributed by atoms with E-state index in [0.717, 1.165) is 23.9 Å². The van der Waals surface area contributed by atoms with Crippen LogP contribution in [0.1, 0.15) is 22.3 Å². The smallest absolute Gasteiger partial charge is 0.254 e. The number of benzene rings is 2. The molecule has 0 spiro atoms. The number of aromatic nitrogens is 3. The molecule has 0 aliphatic carbocycles. The maximum atomic E-state index is 14.3. The van der Waals surface area contributed by atoms with Crippen LogP contribution in [0.15, 0.2) is 59.9 Å². The van der Waals surface area contributed by atoms with Crippen LogP contribution in [0.3, 0.4) is 0 Å². The van der Waals surface area contributed by atoms with Crippen LogP contribution in [0.25, 0.3) is 28.0 Å². The maximum Gasteiger partial charge on any atom is 0.254 e. The lowest BCUT2D eigenvalue weighted by Crippen LogP contribution is -2.46. The highest BCUT2D eigenvalue weighted by molar-refractivity contribution is 7.91. The van der Waals surface area contributed by atoms with Crippen LogP contribution < -0.4 is 5.32 Å². The van der Waals surface area contributed by atoms with Crippen molar-refractivity contribution in [3.05, 3.63) is 71.9 Å². The molecule has 0 saturated carbocycles. The van der Waals surface area contributed by atoms with Crippen molar-refractivity contribution in [3.63, 3.8) is 0 Å². The molecule has 6 rings (SSSR count). The predicted octanol–water partition coefficient (Wildman–Crippen LogP) is 3.46. The first-order valence-electron chi connectivity index (χ1n) is 11.5. The zero-order valence-corrected chi connectivity index (χ0v) is 20.2. The molecule has 2 aromatic heterocycles. The van der Waals surface area contributed by atoms with Crippen molar-refractivity contribution in [2.75, 3.05) is 19.3 Å². The topological polar surface area (TPSA) is 86.1 Å². The van der Waals surface area contributed by atoms with Crippen LogP contribution in [0, 0.1) is 12.7 Å². The van der Waals surface area contributed by atoms with Crippen molar-refractivity contribution >= 4 is 28.0 Å². The molecule has 1 amide bonds. The van der Waals surface area contributed by atoms with Gasteiger partial charge in [-0.15, -0.1) is 0 Å². The number of hydrogen-bond acceptors (Lipinski definition) is 5. The standard InChI is InChI=1S/C26H24FN5O2S/c1-15-3-6-22(27)21(7-15)17-10-29-26(30-11-17)32-14-24(35(2)34)20-5-4-16(8-23(20)32)25(33)31-13-18-9-19(31)12-28-18/h3-8,10-11,14,18-19,28H,9,12-13H2,1-2H3. The number of nitrogens with zero attached hydrogens (tertiary/aromatic N) is 4. The summed E-state index contributed by atoms with van der Waals surface area (Å²) in [5.41, 5.74) is 3.23. The van der Waals surface area contributed by atoms with Crippen molar-refractivity contribution in [2.24, 2.45) is 0 Å². The second-order valence-corrected chi connectivity index (χ2v) is 10.6. The quantitative estimate of drug-likeness (QED) is 0.444. The Hall–Kier alpha value is -3.27. The Balaban J connectivity index is 1.40. The third kappa shape index (κ3) is 3.80. The second-order valence-electron chi connectivity index (χ2n) is 9.26. The van der Waals surface area contributed by atoms with Crippen LogP contribution in [0.2, 0.25) is 0 Å². The van der Waals surface area contributed by atoms with E-state index in [2.05, 4.69) is 15.3 Å². The largest absolute Gasteiger partial charge is 0.612 e. The normalized spacial score (nSPS) is 20.1. The number of likely N-dealkylation sites (tertiary alicyclic amines) is 1. The first-order valence-corrected chi connectivity index (χ1v) is 13.1. The Morgan fingerprint density at radius 2 is 2.00 bits per heavy atom. The monoisotopic (exact) mass is 489 g/mol. The SMILES string of the molecule is Cc1ccc(F)c(-c2cnc(-n3cc([S+](C)[O-])c4ccc(C(=O)N5CC6CC5CN6)cc43)nc2)c1. The van der Waals surface area contributed by atoms with Crippen LogP contribution in [-0.4, -0.2) is 61.3 Å². The number of hydrogen-bond donors (Lipinski definition) is 1. The third-order valence-corrected chi connectivity index (χ3v) is 7.87. The van der Waals surface area contributed by atoms with Crippen molar-refractivity contribution in [1.29, 1.82) is 0 Å². The number of carbonyl (C=O) groups excluding carboxylic acids is 1. The van der Waals surface area contributed by atoms with Crippen molar-refractivity contribution in [2.45, 2.75) is 30.3 Å². The summed E-state index contributed by atoms with van der Waals surface area (Å²) >= 11 is -1.25. The number of nitrogens with one attached hydrogen (secondary N) is 1. The lowest BCUT2D eigenvalue weighted by Gasteiger charge is -2.27. The van der Waals surface area contributed by atoms with Gasteiger partial charge in [-0.2, -0.15) is 0 Å². The first-order chi connectivity index (χ1) is 16.9. The molecule has 9 heteroatoms. The van der Waals surface area contributed by atoms with Gasteiger partial charge < -0.3 is 14.8 Å². The number of aryl methyl sites for hydroxylation is 1. The molecule has 35 heavy (non-hydrogen) atoms. The zero-order valence-electron chi connectivity index (χ0n) is 19.4. The summed E-state index contributed by atoms with van der Waals surface area (Å²) in [6, 6.07) is 11.0. The lowest BCUT2D eigenvalue weighted by atomic mass is 10.1. The minimum Gasteiger partial charge on any atom is -0.612 e. The van der Waals surface area contributed by atoms with Crippen molar-refractivity contribution < 1.29 is 13.7 Å². The third-order valence-electron chi connectivity index (χ3n) is 6.93. The van der Waals surface area contributed by atoms with Gasteiger partial charge in [-0.05, 0) is 54.9 Å². The highest BCUT2D eigenvalue weighted by Gasteiger charge is 2.40. The number of carbonyl (C=O) groups is 1. The Morgan fingerprint density at radius 3 is 2.69 bits per heavy atom. The molecule has 178 valence electrons. The first kappa shape index (κ1) is 22.2. The Bertz CT molecular complexity index is 1450. The molecule has 2 bridgehead atoms. The second kappa shape index (κ2) is 8.44. The molecule has 7 nitrogen and oxygen atoms in total. The van der Waals surface area contributed by atoms with E-state index in [1.807, 2.05) is 24.0 Å². The Labute approximate surface area is 205 Å². The van der Waals surface area contributed by atoms with Gasteiger partial charge in [0.25, 0.3) is 5.91 Å². The highest BCUT2D eigenvalue weighted by atomic mass is 32.2. The molecule has 2 aliphatic heterocycles. The van der Waals surface area contributed by atoms with E-state index in [4.69, 9.17) is 0 Å². The van der Waals surface area contributed by atoms with Crippen LogP contribution >= 0.6 is 0 Å².